The van der Waals surface area contributed by atoms with Gasteiger partial charge < -0.3 is 14.7 Å². The average molecular weight is 494 g/mol. The SMILES string of the molecule is CC(C)N1CCN(C2CCCC(F)(F)C2NC(=O)N2CCC(C)(c3cc(C4CC4)on3)CC2)CC1. The molecule has 0 spiro atoms. The summed E-state index contributed by atoms with van der Waals surface area (Å²) in [5.74, 6) is -1.40. The maximum atomic E-state index is 15.1. The smallest absolute Gasteiger partial charge is 0.317 e. The molecule has 196 valence electrons. The van der Waals surface area contributed by atoms with Crippen molar-refractivity contribution >= 4 is 6.03 Å². The van der Waals surface area contributed by atoms with Crippen LogP contribution in [0.3, 0.4) is 0 Å². The van der Waals surface area contributed by atoms with E-state index in [1.54, 1.807) is 4.90 Å². The van der Waals surface area contributed by atoms with E-state index < -0.39 is 12.0 Å². The molecule has 2 unspecified atom stereocenters. The lowest BCUT2D eigenvalue weighted by Gasteiger charge is -2.48. The first-order valence-corrected chi connectivity index (χ1v) is 13.5. The highest BCUT2D eigenvalue weighted by molar-refractivity contribution is 5.75. The van der Waals surface area contributed by atoms with Gasteiger partial charge in [-0.3, -0.25) is 9.80 Å². The van der Waals surface area contributed by atoms with Crippen LogP contribution in [0.5, 0.6) is 0 Å². The van der Waals surface area contributed by atoms with E-state index in [1.807, 2.05) is 0 Å². The number of carbonyl (C=O) groups is 1. The Morgan fingerprint density at radius 3 is 2.40 bits per heavy atom. The first-order chi connectivity index (χ1) is 16.7. The van der Waals surface area contributed by atoms with Gasteiger partial charge in [-0.15, -0.1) is 0 Å². The molecule has 1 N–H and O–H groups in total. The van der Waals surface area contributed by atoms with E-state index in [0.717, 1.165) is 50.5 Å². The second kappa shape index (κ2) is 9.61. The molecule has 4 fully saturated rings. The van der Waals surface area contributed by atoms with Crippen LogP contribution in [0, 0.1) is 0 Å². The van der Waals surface area contributed by atoms with E-state index in [1.165, 1.54) is 12.8 Å². The third-order valence-corrected chi connectivity index (χ3v) is 8.96. The Morgan fingerprint density at radius 2 is 1.77 bits per heavy atom. The molecule has 3 heterocycles. The lowest BCUT2D eigenvalue weighted by atomic mass is 9.77. The summed E-state index contributed by atoms with van der Waals surface area (Å²) in [5, 5.41) is 7.13. The maximum absolute atomic E-state index is 15.1. The lowest BCUT2D eigenvalue weighted by molar-refractivity contribution is -0.0973. The summed E-state index contributed by atoms with van der Waals surface area (Å²) in [6, 6.07) is 0.730. The van der Waals surface area contributed by atoms with E-state index in [0.29, 0.717) is 37.9 Å². The number of alkyl halides is 2. The Labute approximate surface area is 207 Å². The fourth-order valence-corrected chi connectivity index (χ4v) is 6.15. The maximum Gasteiger partial charge on any atom is 0.317 e. The van der Waals surface area contributed by atoms with E-state index in [2.05, 4.69) is 47.1 Å². The molecular weight excluding hydrogens is 452 g/mol. The minimum absolute atomic E-state index is 0.152. The first-order valence-electron chi connectivity index (χ1n) is 13.5. The van der Waals surface area contributed by atoms with Gasteiger partial charge in [-0.1, -0.05) is 12.1 Å². The van der Waals surface area contributed by atoms with Crippen molar-refractivity contribution in [2.45, 2.75) is 101 Å². The fraction of sp³-hybridized carbons (Fsp3) is 0.846. The van der Waals surface area contributed by atoms with Gasteiger partial charge in [0.15, 0.2) is 0 Å². The van der Waals surface area contributed by atoms with Crippen LogP contribution in [0.2, 0.25) is 0 Å². The van der Waals surface area contributed by atoms with Gasteiger partial charge in [-0.2, -0.15) is 0 Å². The zero-order chi connectivity index (χ0) is 24.8. The predicted octanol–water partition coefficient (Wildman–Crippen LogP) is 4.20. The van der Waals surface area contributed by atoms with Gasteiger partial charge in [0.1, 0.15) is 11.8 Å². The number of amides is 2. The number of rotatable bonds is 5. The molecule has 2 atom stereocenters. The molecule has 0 bridgehead atoms. The molecule has 2 aliphatic carbocycles. The van der Waals surface area contributed by atoms with Crippen LogP contribution >= 0.6 is 0 Å². The van der Waals surface area contributed by atoms with Gasteiger partial charge in [0.05, 0.1) is 5.69 Å². The summed E-state index contributed by atoms with van der Waals surface area (Å²) in [7, 11) is 0. The number of hydrogen-bond donors (Lipinski definition) is 1. The Morgan fingerprint density at radius 1 is 1.09 bits per heavy atom. The normalized spacial score (nSPS) is 29.9. The van der Waals surface area contributed by atoms with Gasteiger partial charge in [-0.05, 0) is 52.4 Å². The van der Waals surface area contributed by atoms with Gasteiger partial charge >= 0.3 is 6.03 Å². The molecule has 0 radical (unpaired) electrons. The van der Waals surface area contributed by atoms with Gasteiger partial charge in [0.2, 0.25) is 0 Å². The molecule has 2 aliphatic heterocycles. The van der Waals surface area contributed by atoms with Crippen LogP contribution in [-0.2, 0) is 5.41 Å². The van der Waals surface area contributed by atoms with Crippen LogP contribution < -0.4 is 5.32 Å². The highest BCUT2D eigenvalue weighted by Gasteiger charge is 2.50. The summed E-state index contributed by atoms with van der Waals surface area (Å²) >= 11 is 0. The van der Waals surface area contributed by atoms with Crippen LogP contribution in [0.15, 0.2) is 10.6 Å². The number of nitrogens with one attached hydrogen (secondary N) is 1. The number of likely N-dealkylation sites (tertiary alicyclic amines) is 1. The summed E-state index contributed by atoms with van der Waals surface area (Å²) in [4.78, 5) is 19.5. The van der Waals surface area contributed by atoms with Crippen molar-refractivity contribution in [1.82, 2.24) is 25.2 Å². The largest absolute Gasteiger partial charge is 0.361 e. The predicted molar refractivity (Wildman–Crippen MR) is 130 cm³/mol. The third kappa shape index (κ3) is 5.22. The standard InChI is InChI=1S/C26H41F2N5O2/c1-18(2)31-13-15-32(16-14-31)20-5-4-8-26(27,28)23(20)29-24(34)33-11-9-25(3,10-12-33)22-17-21(35-30-22)19-6-7-19/h17-20,23H,4-16H2,1-3H3,(H,29,34). The first kappa shape index (κ1) is 24.9. The fourth-order valence-electron chi connectivity index (χ4n) is 6.15. The topological polar surface area (TPSA) is 64.8 Å². The molecule has 2 amide bonds. The zero-order valence-electron chi connectivity index (χ0n) is 21.4. The highest BCUT2D eigenvalue weighted by Crippen LogP contribution is 2.43. The van der Waals surface area contributed by atoms with E-state index in [4.69, 9.17) is 4.52 Å². The van der Waals surface area contributed by atoms with Crippen molar-refractivity contribution in [3.63, 3.8) is 0 Å². The minimum Gasteiger partial charge on any atom is -0.361 e. The summed E-state index contributed by atoms with van der Waals surface area (Å²) < 4.78 is 35.8. The van der Waals surface area contributed by atoms with Gasteiger partial charge in [0.25, 0.3) is 5.92 Å². The Bertz CT molecular complexity index is 886. The summed E-state index contributed by atoms with van der Waals surface area (Å²) in [6.07, 6.45) is 4.87. The monoisotopic (exact) mass is 493 g/mol. The number of nitrogens with zero attached hydrogens (tertiary/aromatic N) is 4. The minimum atomic E-state index is -2.89. The van der Waals surface area contributed by atoms with E-state index >= 15 is 8.78 Å². The summed E-state index contributed by atoms with van der Waals surface area (Å²) in [6.45, 7) is 10.9. The average Bonchev–Trinajstić information content (AvgIpc) is 3.56. The molecule has 1 aromatic heterocycles. The van der Waals surface area contributed by atoms with E-state index in [9.17, 15) is 4.79 Å². The second-order valence-electron chi connectivity index (χ2n) is 11.7. The molecule has 35 heavy (non-hydrogen) atoms. The van der Waals surface area contributed by atoms with Crippen molar-refractivity contribution in [1.29, 1.82) is 0 Å². The number of hydrogen-bond acceptors (Lipinski definition) is 5. The number of carbonyl (C=O) groups excluding carboxylic acids is 1. The molecule has 9 heteroatoms. The van der Waals surface area contributed by atoms with Gasteiger partial charge in [0, 0.05) is 75.2 Å². The molecular formula is C26H41F2N5O2. The number of piperazine rings is 1. The zero-order valence-corrected chi connectivity index (χ0v) is 21.4. The lowest BCUT2D eigenvalue weighted by Crippen LogP contribution is -2.66. The van der Waals surface area contributed by atoms with Gasteiger partial charge in [-0.25, -0.2) is 13.6 Å². The molecule has 1 aromatic rings. The highest BCUT2D eigenvalue weighted by atomic mass is 19.3. The number of halogens is 2. The molecule has 5 rings (SSSR count). The van der Waals surface area contributed by atoms with Crippen LogP contribution in [0.25, 0.3) is 0 Å². The Hall–Kier alpha value is -1.74. The number of aromatic nitrogens is 1. The third-order valence-electron chi connectivity index (χ3n) is 8.96. The number of piperidine rings is 1. The molecule has 4 aliphatic rings. The van der Waals surface area contributed by atoms with Crippen LogP contribution in [-0.4, -0.2) is 89.2 Å². The van der Waals surface area contributed by atoms with E-state index in [-0.39, 0.29) is 23.9 Å². The van der Waals surface area contributed by atoms with Crippen molar-refractivity contribution < 1.29 is 18.1 Å². The molecule has 2 saturated heterocycles. The Balaban J connectivity index is 1.20. The van der Waals surface area contributed by atoms with Crippen molar-refractivity contribution in [3.8, 4) is 0 Å². The molecule has 2 saturated carbocycles. The quantitative estimate of drug-likeness (QED) is 0.666. The van der Waals surface area contributed by atoms with Crippen molar-refractivity contribution in [2.75, 3.05) is 39.3 Å². The van der Waals surface area contributed by atoms with Crippen LogP contribution in [0.1, 0.15) is 83.1 Å². The number of urea groups is 1. The Kier molecular flexibility index (Phi) is 6.85. The second-order valence-corrected chi connectivity index (χ2v) is 11.7. The molecule has 0 aromatic carbocycles. The van der Waals surface area contributed by atoms with Crippen molar-refractivity contribution in [2.24, 2.45) is 0 Å². The molecule has 7 nitrogen and oxygen atoms in total. The van der Waals surface area contributed by atoms with Crippen molar-refractivity contribution in [3.05, 3.63) is 17.5 Å². The summed E-state index contributed by atoms with van der Waals surface area (Å²) in [5.41, 5.74) is 0.805. The van der Waals surface area contributed by atoms with Crippen LogP contribution in [0.4, 0.5) is 13.6 Å².